The van der Waals surface area contributed by atoms with Crippen LogP contribution in [0, 0.1) is 5.82 Å². The number of hydrogen-bond donors (Lipinski definition) is 1. The summed E-state index contributed by atoms with van der Waals surface area (Å²) >= 11 is 0. The van der Waals surface area contributed by atoms with E-state index in [1.165, 1.54) is 12.1 Å². The van der Waals surface area contributed by atoms with E-state index in [-0.39, 0.29) is 29.7 Å². The van der Waals surface area contributed by atoms with Crippen LogP contribution in [0.15, 0.2) is 30.3 Å². The van der Waals surface area contributed by atoms with Gasteiger partial charge in [-0.05, 0) is 31.0 Å². The smallest absolute Gasteiger partial charge is 0.224 e. The molecule has 1 N–H and O–H groups in total. The highest BCUT2D eigenvalue weighted by molar-refractivity contribution is 7.91. The molecule has 4 nitrogen and oxygen atoms in total. The molecule has 2 rings (SSSR count). The topological polar surface area (TPSA) is 63.2 Å². The molecule has 0 spiro atoms. The number of benzene rings is 1. The lowest BCUT2D eigenvalue weighted by Crippen LogP contribution is -2.46. The summed E-state index contributed by atoms with van der Waals surface area (Å²) in [5.41, 5.74) is 0.137. The van der Waals surface area contributed by atoms with Gasteiger partial charge in [-0.2, -0.15) is 0 Å². The molecule has 1 atom stereocenters. The Bertz CT molecular complexity index is 652. The quantitative estimate of drug-likeness (QED) is 0.924. The monoisotopic (exact) mass is 311 g/mol. The Morgan fingerprint density at radius 3 is 2.62 bits per heavy atom. The highest BCUT2D eigenvalue weighted by Gasteiger charge is 2.39. The number of carbonyl (C=O) groups is 1. The van der Waals surface area contributed by atoms with E-state index >= 15 is 0 Å². The Balaban J connectivity index is 1.86. The summed E-state index contributed by atoms with van der Waals surface area (Å²) in [6.07, 6.45) is 4.01. The Kier molecular flexibility index (Phi) is 4.46. The molecule has 21 heavy (non-hydrogen) atoms. The zero-order valence-electron chi connectivity index (χ0n) is 11.8. The number of hydrogen-bond acceptors (Lipinski definition) is 3. The zero-order chi connectivity index (χ0) is 15.5. The van der Waals surface area contributed by atoms with Crippen molar-refractivity contribution in [2.45, 2.75) is 25.3 Å². The Labute approximate surface area is 124 Å². The molecule has 1 aliphatic heterocycles. The fourth-order valence-corrected chi connectivity index (χ4v) is 4.47. The van der Waals surface area contributed by atoms with E-state index in [0.717, 1.165) is 5.56 Å². The maximum atomic E-state index is 12.7. The highest BCUT2D eigenvalue weighted by Crippen LogP contribution is 2.22. The maximum Gasteiger partial charge on any atom is 0.224 e. The average Bonchev–Trinajstić information content (AvgIpc) is 2.65. The number of rotatable bonds is 4. The standard InChI is InChI=1S/C15H18FNO3S/c1-15(9-10-21(19,20)11-15)17-14(18)4-2-3-12-5-7-13(16)8-6-12/h2-3,5-8H,4,9-11H2,1H3,(H,17,18)/b3-2+. The number of halogens is 1. The molecule has 1 aromatic rings. The highest BCUT2D eigenvalue weighted by atomic mass is 32.2. The summed E-state index contributed by atoms with van der Waals surface area (Å²) in [4.78, 5) is 11.8. The summed E-state index contributed by atoms with van der Waals surface area (Å²) in [6.45, 7) is 1.75. The van der Waals surface area contributed by atoms with Crippen LogP contribution >= 0.6 is 0 Å². The molecule has 0 bridgehead atoms. The van der Waals surface area contributed by atoms with Crippen molar-refractivity contribution in [3.63, 3.8) is 0 Å². The molecule has 0 aromatic heterocycles. The van der Waals surface area contributed by atoms with Crippen LogP contribution in [0.1, 0.15) is 25.3 Å². The minimum atomic E-state index is -3.04. The van der Waals surface area contributed by atoms with Crippen LogP contribution in [0.25, 0.3) is 6.08 Å². The van der Waals surface area contributed by atoms with Gasteiger partial charge in [-0.25, -0.2) is 12.8 Å². The molecule has 1 fully saturated rings. The van der Waals surface area contributed by atoms with Gasteiger partial charge in [0.2, 0.25) is 5.91 Å². The summed E-state index contributed by atoms with van der Waals surface area (Å²) in [6, 6.07) is 5.94. The Morgan fingerprint density at radius 2 is 2.05 bits per heavy atom. The number of nitrogens with one attached hydrogen (secondary N) is 1. The molecule has 1 aliphatic rings. The van der Waals surface area contributed by atoms with Gasteiger partial charge in [0.1, 0.15) is 5.82 Å². The summed E-state index contributed by atoms with van der Waals surface area (Å²) in [7, 11) is -3.04. The van der Waals surface area contributed by atoms with Gasteiger partial charge in [0.15, 0.2) is 9.84 Å². The summed E-state index contributed by atoms with van der Waals surface area (Å²) in [5.74, 6) is -0.406. The molecule has 1 heterocycles. The van der Waals surface area contributed by atoms with Crippen LogP contribution in [-0.2, 0) is 14.6 Å². The average molecular weight is 311 g/mol. The van der Waals surface area contributed by atoms with Crippen molar-refractivity contribution < 1.29 is 17.6 Å². The minimum Gasteiger partial charge on any atom is -0.350 e. The third-order valence-electron chi connectivity index (χ3n) is 3.43. The van der Waals surface area contributed by atoms with Gasteiger partial charge in [-0.15, -0.1) is 0 Å². The lowest BCUT2D eigenvalue weighted by atomic mass is 10.0. The fraction of sp³-hybridized carbons (Fsp3) is 0.400. The lowest BCUT2D eigenvalue weighted by molar-refractivity contribution is -0.121. The van der Waals surface area contributed by atoms with Crippen molar-refractivity contribution in [1.82, 2.24) is 5.32 Å². The second kappa shape index (κ2) is 5.97. The fourth-order valence-electron chi connectivity index (χ4n) is 2.37. The van der Waals surface area contributed by atoms with Gasteiger partial charge in [0.25, 0.3) is 0 Å². The third-order valence-corrected chi connectivity index (χ3v) is 5.33. The molecule has 114 valence electrons. The molecular weight excluding hydrogens is 293 g/mol. The zero-order valence-corrected chi connectivity index (χ0v) is 12.6. The number of carbonyl (C=O) groups excluding carboxylic acids is 1. The van der Waals surface area contributed by atoms with E-state index in [1.54, 1.807) is 31.2 Å². The minimum absolute atomic E-state index is 0.00653. The molecule has 6 heteroatoms. The van der Waals surface area contributed by atoms with E-state index in [4.69, 9.17) is 0 Å². The predicted octanol–water partition coefficient (Wildman–Crippen LogP) is 1.92. The van der Waals surface area contributed by atoms with Gasteiger partial charge in [0.05, 0.1) is 17.0 Å². The van der Waals surface area contributed by atoms with Crippen molar-refractivity contribution in [3.8, 4) is 0 Å². The second-order valence-electron chi connectivity index (χ2n) is 5.61. The summed E-state index contributed by atoms with van der Waals surface area (Å²) in [5, 5.41) is 2.78. The number of amides is 1. The van der Waals surface area contributed by atoms with Crippen LogP contribution < -0.4 is 5.32 Å². The van der Waals surface area contributed by atoms with Crippen LogP contribution in [0.4, 0.5) is 4.39 Å². The molecule has 0 radical (unpaired) electrons. The van der Waals surface area contributed by atoms with E-state index in [1.807, 2.05) is 0 Å². The molecule has 1 saturated heterocycles. The molecule has 0 saturated carbocycles. The maximum absolute atomic E-state index is 12.7. The van der Waals surface area contributed by atoms with Crippen molar-refractivity contribution in [2.75, 3.05) is 11.5 Å². The molecule has 1 aromatic carbocycles. The van der Waals surface area contributed by atoms with Crippen molar-refractivity contribution >= 4 is 21.8 Å². The SMILES string of the molecule is CC1(NC(=O)C/C=C/c2ccc(F)cc2)CCS(=O)(=O)C1. The van der Waals surface area contributed by atoms with E-state index in [0.29, 0.717) is 6.42 Å². The number of sulfone groups is 1. The van der Waals surface area contributed by atoms with E-state index in [2.05, 4.69) is 5.32 Å². The summed E-state index contributed by atoms with van der Waals surface area (Å²) < 4.78 is 35.6. The van der Waals surface area contributed by atoms with Gasteiger partial charge in [0, 0.05) is 6.42 Å². The van der Waals surface area contributed by atoms with E-state index in [9.17, 15) is 17.6 Å². The van der Waals surface area contributed by atoms with Crippen molar-refractivity contribution in [3.05, 3.63) is 41.7 Å². The van der Waals surface area contributed by atoms with Crippen molar-refractivity contribution in [2.24, 2.45) is 0 Å². The second-order valence-corrected chi connectivity index (χ2v) is 7.79. The van der Waals surface area contributed by atoms with Gasteiger partial charge in [-0.3, -0.25) is 4.79 Å². The largest absolute Gasteiger partial charge is 0.350 e. The molecule has 0 aliphatic carbocycles. The van der Waals surface area contributed by atoms with Crippen LogP contribution in [0.3, 0.4) is 0 Å². The predicted molar refractivity (Wildman–Crippen MR) is 79.9 cm³/mol. The first-order valence-corrected chi connectivity index (χ1v) is 8.54. The third kappa shape index (κ3) is 4.67. The molecule has 1 unspecified atom stereocenters. The normalized spacial score (nSPS) is 24.3. The van der Waals surface area contributed by atoms with Crippen molar-refractivity contribution in [1.29, 1.82) is 0 Å². The first kappa shape index (κ1) is 15.7. The Hall–Kier alpha value is -1.69. The van der Waals surface area contributed by atoms with Crippen LogP contribution in [0.5, 0.6) is 0 Å². The van der Waals surface area contributed by atoms with Crippen LogP contribution in [-0.4, -0.2) is 31.4 Å². The lowest BCUT2D eigenvalue weighted by Gasteiger charge is -2.23. The van der Waals surface area contributed by atoms with Crippen LogP contribution in [0.2, 0.25) is 0 Å². The first-order chi connectivity index (χ1) is 9.78. The Morgan fingerprint density at radius 1 is 1.38 bits per heavy atom. The van der Waals surface area contributed by atoms with Gasteiger partial charge in [-0.1, -0.05) is 24.3 Å². The van der Waals surface area contributed by atoms with Gasteiger partial charge < -0.3 is 5.32 Å². The van der Waals surface area contributed by atoms with E-state index < -0.39 is 15.4 Å². The molecule has 1 amide bonds. The first-order valence-electron chi connectivity index (χ1n) is 6.72. The molecular formula is C15H18FNO3S. The van der Waals surface area contributed by atoms with Gasteiger partial charge >= 0.3 is 0 Å².